The van der Waals surface area contributed by atoms with Crippen LogP contribution >= 0.6 is 22.9 Å². The van der Waals surface area contributed by atoms with E-state index in [1.54, 1.807) is 23.1 Å². The first-order chi connectivity index (χ1) is 12.4. The van der Waals surface area contributed by atoms with Gasteiger partial charge in [-0.25, -0.2) is 8.42 Å². The number of hydrogen-bond acceptors (Lipinski definition) is 5. The molecule has 26 heavy (non-hydrogen) atoms. The van der Waals surface area contributed by atoms with E-state index in [0.717, 1.165) is 4.88 Å². The molecule has 138 valence electrons. The minimum Gasteiger partial charge on any atom is -0.338 e. The highest BCUT2D eigenvalue weighted by molar-refractivity contribution is 7.90. The van der Waals surface area contributed by atoms with E-state index in [-0.39, 0.29) is 23.8 Å². The molecular formula is C17H18ClN3O3S2. The predicted octanol–water partition coefficient (Wildman–Crippen LogP) is 2.88. The summed E-state index contributed by atoms with van der Waals surface area (Å²) in [6.45, 7) is 3.23. The van der Waals surface area contributed by atoms with E-state index in [1.807, 2.05) is 19.1 Å². The highest BCUT2D eigenvalue weighted by atomic mass is 35.5. The van der Waals surface area contributed by atoms with E-state index in [1.165, 1.54) is 17.4 Å². The molecule has 0 radical (unpaired) electrons. The van der Waals surface area contributed by atoms with Gasteiger partial charge in [-0.15, -0.1) is 11.3 Å². The average molecular weight is 412 g/mol. The zero-order chi connectivity index (χ0) is 18.7. The summed E-state index contributed by atoms with van der Waals surface area (Å²) in [5, 5.41) is 0. The Bertz CT molecular complexity index is 954. The molecule has 1 amide bonds. The molecule has 0 aliphatic carbocycles. The summed E-state index contributed by atoms with van der Waals surface area (Å²) in [5.41, 5.74) is 0.542. The third-order valence-electron chi connectivity index (χ3n) is 3.97. The minimum atomic E-state index is -3.55. The fourth-order valence-corrected chi connectivity index (χ4v) is 5.03. The Balaban J connectivity index is 1.63. The Morgan fingerprint density at radius 1 is 1.27 bits per heavy atom. The van der Waals surface area contributed by atoms with Crippen LogP contribution in [-0.4, -0.2) is 38.2 Å². The summed E-state index contributed by atoms with van der Waals surface area (Å²) >= 11 is 7.38. The molecule has 1 aliphatic rings. The first-order valence-electron chi connectivity index (χ1n) is 8.09. The van der Waals surface area contributed by atoms with Gasteiger partial charge in [-0.05, 0) is 31.2 Å². The van der Waals surface area contributed by atoms with Crippen LogP contribution in [0.15, 0.2) is 46.3 Å². The molecule has 0 fully saturated rings. The molecule has 9 heteroatoms. The molecule has 1 aromatic heterocycles. The molecule has 0 spiro atoms. The molecule has 1 aromatic carbocycles. The number of amidine groups is 1. The number of amides is 1. The van der Waals surface area contributed by atoms with Gasteiger partial charge in [0.05, 0.1) is 22.3 Å². The maximum absolute atomic E-state index is 12.4. The summed E-state index contributed by atoms with van der Waals surface area (Å²) in [4.78, 5) is 19.7. The van der Waals surface area contributed by atoms with Crippen LogP contribution in [0.2, 0.25) is 4.34 Å². The smallest absolute Gasteiger partial charge is 0.263 e. The Kier molecular flexibility index (Phi) is 5.64. The number of nitrogens with one attached hydrogen (secondary N) is 1. The number of hydrogen-bond donors (Lipinski definition) is 1. The van der Waals surface area contributed by atoms with E-state index < -0.39 is 10.0 Å². The van der Waals surface area contributed by atoms with Crippen molar-refractivity contribution in [3.8, 4) is 0 Å². The molecule has 1 N–H and O–H groups in total. The largest absolute Gasteiger partial charge is 0.338 e. The fraction of sp³-hybridized carbons (Fsp3) is 0.294. The van der Waals surface area contributed by atoms with Crippen LogP contribution in [0, 0.1) is 0 Å². The third kappa shape index (κ3) is 4.08. The molecule has 0 saturated carbocycles. The van der Waals surface area contributed by atoms with Gasteiger partial charge < -0.3 is 4.90 Å². The van der Waals surface area contributed by atoms with E-state index in [0.29, 0.717) is 28.8 Å². The van der Waals surface area contributed by atoms with E-state index >= 15 is 0 Å². The summed E-state index contributed by atoms with van der Waals surface area (Å²) in [5.74, 6) is 0.261. The van der Waals surface area contributed by atoms with Crippen LogP contribution in [0.4, 0.5) is 0 Å². The van der Waals surface area contributed by atoms with Gasteiger partial charge in [0.15, 0.2) is 0 Å². The number of thiophene rings is 1. The molecule has 2 aromatic rings. The minimum absolute atomic E-state index is 0.0319. The van der Waals surface area contributed by atoms with Gasteiger partial charge in [0.2, 0.25) is 5.91 Å². The zero-order valence-electron chi connectivity index (χ0n) is 14.1. The lowest BCUT2D eigenvalue weighted by Crippen LogP contribution is -2.30. The second-order valence-corrected chi connectivity index (χ2v) is 9.15. The molecule has 2 heterocycles. The van der Waals surface area contributed by atoms with Crippen LogP contribution < -0.4 is 4.72 Å². The molecular weight excluding hydrogens is 394 g/mol. The number of nitrogens with zero attached hydrogens (tertiary/aromatic N) is 2. The average Bonchev–Trinajstić information content (AvgIpc) is 3.14. The van der Waals surface area contributed by atoms with Crippen LogP contribution in [0.1, 0.15) is 23.8 Å². The van der Waals surface area contributed by atoms with Gasteiger partial charge in [0.25, 0.3) is 10.0 Å². The monoisotopic (exact) mass is 411 g/mol. The molecule has 0 atom stereocenters. The van der Waals surface area contributed by atoms with Crippen molar-refractivity contribution >= 4 is 44.7 Å². The number of benzene rings is 1. The Morgan fingerprint density at radius 2 is 2.04 bits per heavy atom. The lowest BCUT2D eigenvalue weighted by atomic mass is 10.2. The molecule has 0 unspecified atom stereocenters. The number of fused-ring (bicyclic) bond motifs is 1. The molecule has 0 saturated heterocycles. The first-order valence-corrected chi connectivity index (χ1v) is 10.8. The Morgan fingerprint density at radius 3 is 2.73 bits per heavy atom. The van der Waals surface area contributed by atoms with Gasteiger partial charge in [0.1, 0.15) is 5.84 Å². The van der Waals surface area contributed by atoms with Crippen LogP contribution in [-0.2, 0) is 21.4 Å². The highest BCUT2D eigenvalue weighted by Gasteiger charge is 2.30. The summed E-state index contributed by atoms with van der Waals surface area (Å²) in [7, 11) is -3.55. The SMILES string of the molecule is CCN(Cc1ccc(Cl)s1)C(=O)CCN=C1NS(=O)(=O)c2ccccc21. The zero-order valence-corrected chi connectivity index (χ0v) is 16.5. The molecule has 3 rings (SSSR count). The van der Waals surface area contributed by atoms with Crippen LogP contribution in [0.5, 0.6) is 0 Å². The molecule has 1 aliphatic heterocycles. The standard InChI is InChI=1S/C17H18ClN3O3S2/c1-2-21(11-12-7-8-15(18)25-12)16(22)9-10-19-17-13-5-3-4-6-14(13)26(23,24)20-17/h3-8H,2,9-11H2,1H3,(H,19,20). The highest BCUT2D eigenvalue weighted by Crippen LogP contribution is 2.23. The van der Waals surface area contributed by atoms with Crippen molar-refractivity contribution in [1.29, 1.82) is 0 Å². The Labute approximate surface area is 161 Å². The predicted molar refractivity (Wildman–Crippen MR) is 103 cm³/mol. The number of aliphatic imine (C=N–C) groups is 1. The lowest BCUT2D eigenvalue weighted by Gasteiger charge is -2.19. The molecule has 6 nitrogen and oxygen atoms in total. The quantitative estimate of drug-likeness (QED) is 0.793. The van der Waals surface area contributed by atoms with Gasteiger partial charge >= 0.3 is 0 Å². The fourth-order valence-electron chi connectivity index (χ4n) is 2.67. The first kappa shape index (κ1) is 18.9. The van der Waals surface area contributed by atoms with E-state index in [9.17, 15) is 13.2 Å². The summed E-state index contributed by atoms with van der Waals surface area (Å²) in [6.07, 6.45) is 0.209. The number of carbonyl (C=O) groups is 1. The van der Waals surface area contributed by atoms with Crippen LogP contribution in [0.3, 0.4) is 0 Å². The lowest BCUT2D eigenvalue weighted by molar-refractivity contribution is -0.131. The summed E-state index contributed by atoms with van der Waals surface area (Å²) in [6, 6.07) is 10.4. The third-order valence-corrected chi connectivity index (χ3v) is 6.58. The van der Waals surface area contributed by atoms with Gasteiger partial charge in [-0.3, -0.25) is 14.5 Å². The number of rotatable bonds is 6. The normalized spacial score (nSPS) is 16.3. The maximum Gasteiger partial charge on any atom is 0.263 e. The number of halogens is 1. The number of sulfonamides is 1. The Hall–Kier alpha value is -1.90. The van der Waals surface area contributed by atoms with Gasteiger partial charge in [-0.1, -0.05) is 23.7 Å². The maximum atomic E-state index is 12.4. The second-order valence-electron chi connectivity index (χ2n) is 5.70. The molecule has 0 bridgehead atoms. The van der Waals surface area contributed by atoms with Crippen molar-refractivity contribution in [2.45, 2.75) is 24.8 Å². The second kappa shape index (κ2) is 7.77. The van der Waals surface area contributed by atoms with Crippen molar-refractivity contribution < 1.29 is 13.2 Å². The van der Waals surface area contributed by atoms with E-state index in [2.05, 4.69) is 9.71 Å². The van der Waals surface area contributed by atoms with Crippen molar-refractivity contribution in [2.75, 3.05) is 13.1 Å². The summed E-state index contributed by atoms with van der Waals surface area (Å²) < 4.78 is 27.2. The van der Waals surface area contributed by atoms with Crippen molar-refractivity contribution in [2.24, 2.45) is 4.99 Å². The topological polar surface area (TPSA) is 78.8 Å². The van der Waals surface area contributed by atoms with E-state index in [4.69, 9.17) is 11.6 Å². The van der Waals surface area contributed by atoms with Crippen molar-refractivity contribution in [3.05, 3.63) is 51.2 Å². The van der Waals surface area contributed by atoms with Gasteiger partial charge in [-0.2, -0.15) is 0 Å². The van der Waals surface area contributed by atoms with Crippen molar-refractivity contribution in [1.82, 2.24) is 9.62 Å². The van der Waals surface area contributed by atoms with Crippen LogP contribution in [0.25, 0.3) is 0 Å². The number of carbonyl (C=O) groups excluding carboxylic acids is 1. The van der Waals surface area contributed by atoms with Gasteiger partial charge in [0, 0.05) is 23.4 Å². The van der Waals surface area contributed by atoms with Crippen molar-refractivity contribution in [3.63, 3.8) is 0 Å².